The first-order valence-corrected chi connectivity index (χ1v) is 8.22. The number of hydrogen-bond acceptors (Lipinski definition) is 5. The third-order valence-electron chi connectivity index (χ3n) is 4.19. The molecular formula is C16H23N5O3. The van der Waals surface area contributed by atoms with Gasteiger partial charge in [-0.25, -0.2) is 4.79 Å². The molecular weight excluding hydrogens is 310 g/mol. The van der Waals surface area contributed by atoms with Gasteiger partial charge < -0.3 is 14.5 Å². The van der Waals surface area contributed by atoms with E-state index in [9.17, 15) is 4.79 Å². The molecule has 0 bridgehead atoms. The maximum absolute atomic E-state index is 12.2. The van der Waals surface area contributed by atoms with Crippen LogP contribution in [-0.2, 0) is 11.3 Å². The Kier molecular flexibility index (Phi) is 4.84. The van der Waals surface area contributed by atoms with E-state index in [0.29, 0.717) is 12.4 Å². The lowest BCUT2D eigenvalue weighted by atomic mass is 9.98. The number of carbonyl (C=O) groups excluding carboxylic acids is 1. The van der Waals surface area contributed by atoms with E-state index in [1.165, 1.54) is 0 Å². The van der Waals surface area contributed by atoms with E-state index < -0.39 is 0 Å². The lowest BCUT2D eigenvalue weighted by Crippen LogP contribution is -2.44. The molecule has 3 rings (SSSR count). The minimum Gasteiger partial charge on any atom is -0.428 e. The Labute approximate surface area is 140 Å². The lowest BCUT2D eigenvalue weighted by Gasteiger charge is -2.31. The van der Waals surface area contributed by atoms with Gasteiger partial charge in [-0.1, -0.05) is 0 Å². The Morgan fingerprint density at radius 3 is 2.96 bits per heavy atom. The summed E-state index contributed by atoms with van der Waals surface area (Å²) < 4.78 is 13.1. The monoisotopic (exact) mass is 333 g/mol. The van der Waals surface area contributed by atoms with Crippen molar-refractivity contribution in [3.8, 4) is 0 Å². The van der Waals surface area contributed by atoms with Crippen molar-refractivity contribution in [2.45, 2.75) is 52.3 Å². The number of hydrogen-bond donors (Lipinski definition) is 2. The molecule has 0 spiro atoms. The number of aromatic nitrogens is 3. The smallest absolute Gasteiger partial charge is 0.323 e. The Balaban J connectivity index is 1.65. The maximum atomic E-state index is 12.2. The number of anilines is 1. The van der Waals surface area contributed by atoms with Crippen LogP contribution in [0.15, 0.2) is 16.8 Å². The van der Waals surface area contributed by atoms with Crippen LogP contribution >= 0.6 is 0 Å². The molecule has 2 aromatic heterocycles. The molecule has 24 heavy (non-hydrogen) atoms. The second kappa shape index (κ2) is 7.04. The van der Waals surface area contributed by atoms with Gasteiger partial charge in [-0.05, 0) is 33.6 Å². The summed E-state index contributed by atoms with van der Waals surface area (Å²) in [6, 6.07) is -0.264. The number of nitrogens with one attached hydrogen (secondary N) is 2. The Morgan fingerprint density at radius 2 is 2.29 bits per heavy atom. The third-order valence-corrected chi connectivity index (χ3v) is 4.19. The summed E-state index contributed by atoms with van der Waals surface area (Å²) in [6.07, 6.45) is 5.31. The molecule has 1 aliphatic heterocycles. The van der Waals surface area contributed by atoms with Gasteiger partial charge >= 0.3 is 12.0 Å². The average molecular weight is 333 g/mol. The van der Waals surface area contributed by atoms with E-state index in [1.807, 2.05) is 31.6 Å². The average Bonchev–Trinajstić information content (AvgIpc) is 3.15. The van der Waals surface area contributed by atoms with Gasteiger partial charge in [-0.15, -0.1) is 0 Å². The van der Waals surface area contributed by atoms with Gasteiger partial charge in [-0.3, -0.25) is 10.00 Å². The van der Waals surface area contributed by atoms with Crippen LogP contribution in [-0.4, -0.2) is 33.4 Å². The number of rotatable bonds is 4. The second-order valence-corrected chi connectivity index (χ2v) is 5.93. The van der Waals surface area contributed by atoms with E-state index in [0.717, 1.165) is 30.6 Å². The normalized spacial score (nSPS) is 20.8. The van der Waals surface area contributed by atoms with E-state index in [4.69, 9.17) is 9.15 Å². The highest BCUT2D eigenvalue weighted by molar-refractivity contribution is 5.87. The molecule has 0 unspecified atom stereocenters. The number of nitrogens with zero attached hydrogens (tertiary/aromatic N) is 3. The fourth-order valence-corrected chi connectivity index (χ4v) is 2.78. The molecule has 8 heteroatoms. The molecule has 2 atom stereocenters. The number of ether oxygens (including phenoxy) is 1. The van der Waals surface area contributed by atoms with Gasteiger partial charge in [0.25, 0.3) is 0 Å². The van der Waals surface area contributed by atoms with Crippen LogP contribution in [0.3, 0.4) is 0 Å². The van der Waals surface area contributed by atoms with Gasteiger partial charge in [0.15, 0.2) is 0 Å². The van der Waals surface area contributed by atoms with Crippen LogP contribution in [0.5, 0.6) is 0 Å². The van der Waals surface area contributed by atoms with Crippen LogP contribution in [0.4, 0.5) is 10.8 Å². The first kappa shape index (κ1) is 16.5. The quantitative estimate of drug-likeness (QED) is 0.897. The second-order valence-electron chi connectivity index (χ2n) is 5.93. The molecule has 1 fully saturated rings. The van der Waals surface area contributed by atoms with Gasteiger partial charge in [0.2, 0.25) is 0 Å². The van der Waals surface area contributed by atoms with Crippen molar-refractivity contribution in [3.63, 3.8) is 0 Å². The van der Waals surface area contributed by atoms with Gasteiger partial charge in [-0.2, -0.15) is 10.1 Å². The number of carbonyl (C=O) groups is 1. The highest BCUT2D eigenvalue weighted by atomic mass is 16.5. The van der Waals surface area contributed by atoms with Crippen molar-refractivity contribution < 1.29 is 13.9 Å². The summed E-state index contributed by atoms with van der Waals surface area (Å²) >= 11 is 0. The predicted octanol–water partition coefficient (Wildman–Crippen LogP) is 2.55. The zero-order chi connectivity index (χ0) is 17.1. The van der Waals surface area contributed by atoms with E-state index in [2.05, 4.69) is 20.7 Å². The molecule has 2 N–H and O–H groups in total. The van der Waals surface area contributed by atoms with Gasteiger partial charge in [0.05, 0.1) is 17.9 Å². The highest BCUT2D eigenvalue weighted by Gasteiger charge is 2.30. The summed E-state index contributed by atoms with van der Waals surface area (Å²) in [5.41, 5.74) is 1.74. The van der Waals surface area contributed by atoms with E-state index in [-0.39, 0.29) is 24.2 Å². The van der Waals surface area contributed by atoms with E-state index in [1.54, 1.807) is 6.20 Å². The molecule has 0 radical (unpaired) electrons. The fraction of sp³-hybridized carbons (Fsp3) is 0.562. The topological polar surface area (TPSA) is 94.2 Å². The first-order chi connectivity index (χ1) is 11.6. The van der Waals surface area contributed by atoms with Crippen LogP contribution in [0.2, 0.25) is 0 Å². The lowest BCUT2D eigenvalue weighted by molar-refractivity contribution is -0.00703. The van der Waals surface area contributed by atoms with Gasteiger partial charge in [0, 0.05) is 24.9 Å². The maximum Gasteiger partial charge on any atom is 0.323 e. The molecule has 8 nitrogen and oxygen atoms in total. The SMILES string of the molecule is CCn1cc([C@H]2OCCC[C@@H]2NC(=O)Nc2nc(C)c(C)o2)cn1. The number of urea groups is 1. The van der Waals surface area contributed by atoms with Crippen LogP contribution < -0.4 is 10.6 Å². The Morgan fingerprint density at radius 1 is 1.46 bits per heavy atom. The molecule has 2 amide bonds. The summed E-state index contributed by atoms with van der Waals surface area (Å²) in [7, 11) is 0. The number of oxazole rings is 1. The Hall–Kier alpha value is -2.35. The van der Waals surface area contributed by atoms with Crippen molar-refractivity contribution in [2.24, 2.45) is 0 Å². The van der Waals surface area contributed by atoms with Crippen molar-refractivity contribution in [3.05, 3.63) is 29.4 Å². The zero-order valence-electron chi connectivity index (χ0n) is 14.2. The fourth-order valence-electron chi connectivity index (χ4n) is 2.78. The van der Waals surface area contributed by atoms with Crippen molar-refractivity contribution >= 4 is 12.0 Å². The number of aryl methyl sites for hydroxylation is 3. The summed E-state index contributed by atoms with van der Waals surface area (Å²) in [6.45, 7) is 7.15. The predicted molar refractivity (Wildman–Crippen MR) is 87.7 cm³/mol. The molecule has 1 saturated heterocycles. The van der Waals surface area contributed by atoms with Crippen molar-refractivity contribution in [1.82, 2.24) is 20.1 Å². The minimum atomic E-state index is -0.348. The molecule has 2 aromatic rings. The largest absolute Gasteiger partial charge is 0.428 e. The van der Waals surface area contributed by atoms with E-state index >= 15 is 0 Å². The minimum absolute atomic E-state index is 0.120. The molecule has 0 saturated carbocycles. The summed E-state index contributed by atoms with van der Waals surface area (Å²) in [5.74, 6) is 0.691. The molecule has 130 valence electrons. The van der Waals surface area contributed by atoms with Crippen LogP contribution in [0.1, 0.15) is 42.9 Å². The number of amides is 2. The third kappa shape index (κ3) is 3.59. The van der Waals surface area contributed by atoms with Crippen molar-refractivity contribution in [2.75, 3.05) is 11.9 Å². The molecule has 0 aromatic carbocycles. The molecule has 1 aliphatic rings. The molecule has 3 heterocycles. The van der Waals surface area contributed by atoms with Crippen molar-refractivity contribution in [1.29, 1.82) is 0 Å². The van der Waals surface area contributed by atoms with Crippen LogP contribution in [0, 0.1) is 13.8 Å². The van der Waals surface area contributed by atoms with Gasteiger partial charge in [0.1, 0.15) is 11.9 Å². The highest BCUT2D eigenvalue weighted by Crippen LogP contribution is 2.28. The summed E-state index contributed by atoms with van der Waals surface area (Å²) in [5, 5.41) is 9.88. The zero-order valence-corrected chi connectivity index (χ0v) is 14.2. The van der Waals surface area contributed by atoms with Crippen LogP contribution in [0.25, 0.3) is 0 Å². The summed E-state index contributed by atoms with van der Waals surface area (Å²) in [4.78, 5) is 16.4. The standard InChI is InChI=1S/C16H23N5O3/c1-4-21-9-12(8-17-21)14-13(6-5-7-23-14)19-15(22)20-16-18-10(2)11(3)24-16/h8-9,13-14H,4-7H2,1-3H3,(H2,18,19,20,22)/t13-,14+/m0/s1. The first-order valence-electron chi connectivity index (χ1n) is 8.22. The Bertz CT molecular complexity index is 689. The molecule has 0 aliphatic carbocycles.